The predicted molar refractivity (Wildman–Crippen MR) is 103 cm³/mol. The van der Waals surface area contributed by atoms with Crippen LogP contribution in [-0.2, 0) is 6.54 Å². The van der Waals surface area contributed by atoms with Crippen LogP contribution in [0.4, 0.5) is 0 Å². The quantitative estimate of drug-likeness (QED) is 0.770. The minimum absolute atomic E-state index is 0.108. The van der Waals surface area contributed by atoms with Crippen LogP contribution < -0.4 is 9.47 Å². The number of halogens is 1. The van der Waals surface area contributed by atoms with Gasteiger partial charge in [0, 0.05) is 42.8 Å². The number of amides is 1. The molecule has 1 saturated heterocycles. The molecule has 0 spiro atoms. The Morgan fingerprint density at radius 1 is 0.923 bits per heavy atom. The molecule has 1 fully saturated rings. The summed E-state index contributed by atoms with van der Waals surface area (Å²) in [6.45, 7) is 5.32. The maximum atomic E-state index is 12.6. The number of rotatable bonds is 3. The molecule has 2 aromatic carbocycles. The molecule has 136 valence electrons. The average molecular weight is 417 g/mol. The van der Waals surface area contributed by atoms with Crippen LogP contribution in [0, 0.1) is 0 Å². The first-order valence-electron chi connectivity index (χ1n) is 8.85. The molecule has 0 radical (unpaired) electrons. The zero-order valence-electron chi connectivity index (χ0n) is 14.5. The zero-order valence-corrected chi connectivity index (χ0v) is 16.1. The molecule has 0 atom stereocenters. The van der Waals surface area contributed by atoms with Crippen molar-refractivity contribution in [3.8, 4) is 11.5 Å². The molecule has 2 heterocycles. The lowest BCUT2D eigenvalue weighted by Gasteiger charge is -2.35. The van der Waals surface area contributed by atoms with Crippen LogP contribution in [0.3, 0.4) is 0 Å². The Labute approximate surface area is 161 Å². The van der Waals surface area contributed by atoms with Gasteiger partial charge in [-0.1, -0.05) is 22.0 Å². The van der Waals surface area contributed by atoms with E-state index in [4.69, 9.17) is 9.47 Å². The molecule has 4 rings (SSSR count). The van der Waals surface area contributed by atoms with Crippen molar-refractivity contribution in [3.63, 3.8) is 0 Å². The second-order valence-electron chi connectivity index (χ2n) is 6.55. The number of hydrogen-bond acceptors (Lipinski definition) is 4. The second-order valence-corrected chi connectivity index (χ2v) is 7.47. The number of carbonyl (C=O) groups excluding carboxylic acids is 1. The Balaban J connectivity index is 1.33. The van der Waals surface area contributed by atoms with Gasteiger partial charge in [-0.25, -0.2) is 0 Å². The van der Waals surface area contributed by atoms with Crippen molar-refractivity contribution in [1.82, 2.24) is 9.80 Å². The lowest BCUT2D eigenvalue weighted by atomic mass is 10.1. The summed E-state index contributed by atoms with van der Waals surface area (Å²) in [4.78, 5) is 16.9. The van der Waals surface area contributed by atoms with Gasteiger partial charge in [-0.05, 0) is 42.0 Å². The molecule has 0 aromatic heterocycles. The van der Waals surface area contributed by atoms with E-state index in [9.17, 15) is 4.79 Å². The molecule has 1 amide bonds. The van der Waals surface area contributed by atoms with Crippen LogP contribution in [0.2, 0.25) is 0 Å². The minimum Gasteiger partial charge on any atom is -0.486 e. The average Bonchev–Trinajstić information content (AvgIpc) is 2.68. The van der Waals surface area contributed by atoms with Crippen LogP contribution in [-0.4, -0.2) is 55.1 Å². The molecular weight excluding hydrogens is 396 g/mol. The largest absolute Gasteiger partial charge is 0.486 e. The molecule has 6 heteroatoms. The molecule has 0 bridgehead atoms. The fourth-order valence-corrected chi connectivity index (χ4v) is 3.59. The van der Waals surface area contributed by atoms with Crippen molar-refractivity contribution >= 4 is 21.8 Å². The van der Waals surface area contributed by atoms with Crippen molar-refractivity contribution in [2.45, 2.75) is 6.54 Å². The van der Waals surface area contributed by atoms with Crippen LogP contribution >= 0.6 is 15.9 Å². The number of carbonyl (C=O) groups is 1. The van der Waals surface area contributed by atoms with Gasteiger partial charge in [0.15, 0.2) is 11.5 Å². The van der Waals surface area contributed by atoms with Gasteiger partial charge in [-0.15, -0.1) is 0 Å². The molecule has 26 heavy (non-hydrogen) atoms. The summed E-state index contributed by atoms with van der Waals surface area (Å²) in [5.74, 6) is 1.76. The van der Waals surface area contributed by atoms with E-state index in [1.807, 2.05) is 35.2 Å². The summed E-state index contributed by atoms with van der Waals surface area (Å²) in [7, 11) is 0. The van der Waals surface area contributed by atoms with Gasteiger partial charge in [-0.3, -0.25) is 9.69 Å². The van der Waals surface area contributed by atoms with Gasteiger partial charge in [0.1, 0.15) is 13.2 Å². The Morgan fingerprint density at radius 2 is 1.62 bits per heavy atom. The van der Waals surface area contributed by atoms with Crippen molar-refractivity contribution in [2.75, 3.05) is 39.4 Å². The molecule has 0 unspecified atom stereocenters. The van der Waals surface area contributed by atoms with E-state index in [-0.39, 0.29) is 5.91 Å². The summed E-state index contributed by atoms with van der Waals surface area (Å²) in [6, 6.07) is 13.7. The third-order valence-corrected chi connectivity index (χ3v) is 5.29. The second kappa shape index (κ2) is 7.68. The number of benzene rings is 2. The predicted octanol–water partition coefficient (Wildman–Crippen LogP) is 3.18. The normalized spacial score (nSPS) is 17.2. The van der Waals surface area contributed by atoms with Crippen LogP contribution in [0.25, 0.3) is 0 Å². The van der Waals surface area contributed by atoms with Crippen LogP contribution in [0.15, 0.2) is 46.9 Å². The Kier molecular flexibility index (Phi) is 5.13. The first-order valence-corrected chi connectivity index (χ1v) is 9.64. The number of hydrogen-bond donors (Lipinski definition) is 0. The highest BCUT2D eigenvalue weighted by molar-refractivity contribution is 9.10. The molecule has 0 saturated carbocycles. The fraction of sp³-hybridized carbons (Fsp3) is 0.350. The Morgan fingerprint density at radius 3 is 2.35 bits per heavy atom. The highest BCUT2D eigenvalue weighted by atomic mass is 79.9. The first kappa shape index (κ1) is 17.4. The third-order valence-electron chi connectivity index (χ3n) is 4.76. The minimum atomic E-state index is 0.108. The standard InChI is InChI=1S/C20H21BrN2O3/c21-17-4-2-16(3-5-17)20(24)23-9-7-22(8-10-23)14-15-1-6-18-19(13-15)26-12-11-25-18/h1-6,13H,7-12,14H2. The monoisotopic (exact) mass is 416 g/mol. The van der Waals surface area contributed by atoms with Gasteiger partial charge in [0.2, 0.25) is 0 Å². The van der Waals surface area contributed by atoms with Gasteiger partial charge >= 0.3 is 0 Å². The summed E-state index contributed by atoms with van der Waals surface area (Å²) in [5, 5.41) is 0. The highest BCUT2D eigenvalue weighted by Gasteiger charge is 2.22. The SMILES string of the molecule is O=C(c1ccc(Br)cc1)N1CCN(Cc2ccc3c(c2)OCCO3)CC1. The van der Waals surface area contributed by atoms with Gasteiger partial charge < -0.3 is 14.4 Å². The zero-order chi connectivity index (χ0) is 17.9. The first-order chi connectivity index (χ1) is 12.7. The van der Waals surface area contributed by atoms with E-state index in [2.05, 4.69) is 33.0 Å². The number of fused-ring (bicyclic) bond motifs is 1. The van der Waals surface area contributed by atoms with Crippen molar-refractivity contribution in [1.29, 1.82) is 0 Å². The number of piperazine rings is 1. The smallest absolute Gasteiger partial charge is 0.253 e. The molecule has 0 aliphatic carbocycles. The fourth-order valence-electron chi connectivity index (χ4n) is 3.33. The molecule has 2 aliphatic heterocycles. The van der Waals surface area contributed by atoms with Gasteiger partial charge in [0.05, 0.1) is 0 Å². The van der Waals surface area contributed by atoms with E-state index in [0.717, 1.165) is 54.3 Å². The van der Waals surface area contributed by atoms with E-state index in [1.54, 1.807) is 0 Å². The van der Waals surface area contributed by atoms with Gasteiger partial charge in [0.25, 0.3) is 5.91 Å². The van der Waals surface area contributed by atoms with E-state index < -0.39 is 0 Å². The lowest BCUT2D eigenvalue weighted by Crippen LogP contribution is -2.48. The third kappa shape index (κ3) is 3.86. The van der Waals surface area contributed by atoms with E-state index >= 15 is 0 Å². The van der Waals surface area contributed by atoms with Crippen LogP contribution in [0.1, 0.15) is 15.9 Å². The lowest BCUT2D eigenvalue weighted by molar-refractivity contribution is 0.0628. The summed E-state index contributed by atoms with van der Waals surface area (Å²) in [6.07, 6.45) is 0. The van der Waals surface area contributed by atoms with Crippen LogP contribution in [0.5, 0.6) is 11.5 Å². The summed E-state index contributed by atoms with van der Waals surface area (Å²) in [5.41, 5.74) is 1.95. The molecular formula is C20H21BrN2O3. The van der Waals surface area contributed by atoms with Crippen molar-refractivity contribution in [2.24, 2.45) is 0 Å². The summed E-state index contributed by atoms with van der Waals surface area (Å²) < 4.78 is 12.2. The van der Waals surface area contributed by atoms with Crippen molar-refractivity contribution in [3.05, 3.63) is 58.1 Å². The summed E-state index contributed by atoms with van der Waals surface area (Å²) >= 11 is 3.40. The molecule has 2 aromatic rings. The number of ether oxygens (including phenoxy) is 2. The number of nitrogens with zero attached hydrogens (tertiary/aromatic N) is 2. The Hall–Kier alpha value is -2.05. The highest BCUT2D eigenvalue weighted by Crippen LogP contribution is 2.31. The molecule has 5 nitrogen and oxygen atoms in total. The van der Waals surface area contributed by atoms with Gasteiger partial charge in [-0.2, -0.15) is 0 Å². The topological polar surface area (TPSA) is 42.0 Å². The molecule has 0 N–H and O–H groups in total. The maximum absolute atomic E-state index is 12.6. The molecule has 2 aliphatic rings. The van der Waals surface area contributed by atoms with E-state index in [0.29, 0.717) is 13.2 Å². The Bertz CT molecular complexity index is 786. The van der Waals surface area contributed by atoms with E-state index in [1.165, 1.54) is 5.56 Å². The maximum Gasteiger partial charge on any atom is 0.253 e. The van der Waals surface area contributed by atoms with Crippen molar-refractivity contribution < 1.29 is 14.3 Å².